The third-order valence-corrected chi connectivity index (χ3v) is 2.92. The smallest absolute Gasteiger partial charge is 0.257 e. The van der Waals surface area contributed by atoms with E-state index in [1.807, 2.05) is 0 Å². The molecule has 0 aliphatic carbocycles. The largest absolute Gasteiger partial charge is 0.484 e. The second kappa shape index (κ2) is 6.76. The van der Waals surface area contributed by atoms with Crippen LogP contribution in [0.3, 0.4) is 0 Å². The van der Waals surface area contributed by atoms with Crippen LogP contribution in [0.2, 0.25) is 5.02 Å². The Bertz CT molecular complexity index is 673. The Kier molecular flexibility index (Phi) is 4.79. The highest BCUT2D eigenvalue weighted by Crippen LogP contribution is 2.20. The molecule has 0 atom stereocenters. The van der Waals surface area contributed by atoms with Crippen LogP contribution in [-0.2, 0) is 4.79 Å². The average molecular weight is 305 g/mol. The molecule has 5 nitrogen and oxygen atoms in total. The van der Waals surface area contributed by atoms with Crippen LogP contribution in [0.4, 0.5) is 5.69 Å². The molecule has 108 valence electrons. The maximum atomic E-state index is 12.1. The van der Waals surface area contributed by atoms with Crippen LogP contribution in [0.5, 0.6) is 5.75 Å². The van der Waals surface area contributed by atoms with Crippen LogP contribution in [0.1, 0.15) is 10.4 Å². The van der Waals surface area contributed by atoms with E-state index in [9.17, 15) is 9.59 Å². The van der Waals surface area contributed by atoms with Crippen molar-refractivity contribution in [3.05, 3.63) is 59.1 Å². The van der Waals surface area contributed by atoms with Crippen molar-refractivity contribution >= 4 is 29.1 Å². The first-order chi connectivity index (χ1) is 10.1. The molecule has 0 bridgehead atoms. The summed E-state index contributed by atoms with van der Waals surface area (Å²) in [6, 6.07) is 13.4. The number of rotatable bonds is 5. The van der Waals surface area contributed by atoms with Gasteiger partial charge < -0.3 is 15.8 Å². The summed E-state index contributed by atoms with van der Waals surface area (Å²) in [6.07, 6.45) is 0. The van der Waals surface area contributed by atoms with Crippen molar-refractivity contribution in [3.8, 4) is 5.75 Å². The number of amides is 2. The minimum atomic E-state index is -0.569. The number of hydrogen-bond donors (Lipinski definition) is 2. The fraction of sp³-hybridized carbons (Fsp3) is 0.0667. The third kappa shape index (κ3) is 4.22. The molecule has 0 heterocycles. The first-order valence-electron chi connectivity index (χ1n) is 6.13. The average Bonchev–Trinajstić information content (AvgIpc) is 2.46. The number of anilines is 1. The zero-order valence-corrected chi connectivity index (χ0v) is 11.8. The molecule has 0 radical (unpaired) electrons. The molecule has 2 rings (SSSR count). The van der Waals surface area contributed by atoms with E-state index in [1.165, 1.54) is 0 Å². The van der Waals surface area contributed by atoms with E-state index in [2.05, 4.69) is 5.32 Å². The lowest BCUT2D eigenvalue weighted by molar-refractivity contribution is -0.119. The summed E-state index contributed by atoms with van der Waals surface area (Å²) in [4.78, 5) is 22.8. The summed E-state index contributed by atoms with van der Waals surface area (Å²) in [5, 5.41) is 3.08. The topological polar surface area (TPSA) is 81.4 Å². The lowest BCUT2D eigenvalue weighted by atomic mass is 10.2. The molecule has 0 aliphatic rings. The molecule has 3 N–H and O–H groups in total. The number of hydrogen-bond acceptors (Lipinski definition) is 3. The van der Waals surface area contributed by atoms with Crippen molar-refractivity contribution in [2.75, 3.05) is 11.9 Å². The number of nitrogens with one attached hydrogen (secondary N) is 1. The molecule has 0 aromatic heterocycles. The second-order valence-corrected chi connectivity index (χ2v) is 4.62. The highest BCUT2D eigenvalue weighted by molar-refractivity contribution is 6.34. The van der Waals surface area contributed by atoms with Gasteiger partial charge in [0.15, 0.2) is 6.61 Å². The van der Waals surface area contributed by atoms with Crippen LogP contribution in [0, 0.1) is 0 Å². The van der Waals surface area contributed by atoms with Gasteiger partial charge in [-0.05, 0) is 24.3 Å². The van der Waals surface area contributed by atoms with E-state index in [0.717, 1.165) is 0 Å². The Balaban J connectivity index is 2.09. The maximum absolute atomic E-state index is 12.1. The predicted molar refractivity (Wildman–Crippen MR) is 80.5 cm³/mol. The first-order valence-corrected chi connectivity index (χ1v) is 6.51. The summed E-state index contributed by atoms with van der Waals surface area (Å²) in [7, 11) is 0. The normalized spacial score (nSPS) is 9.95. The maximum Gasteiger partial charge on any atom is 0.257 e. The number of benzene rings is 2. The minimum absolute atomic E-state index is 0.220. The number of halogens is 1. The summed E-state index contributed by atoms with van der Waals surface area (Å²) < 4.78 is 5.17. The quantitative estimate of drug-likeness (QED) is 0.890. The van der Waals surface area contributed by atoms with Crippen molar-refractivity contribution < 1.29 is 14.3 Å². The van der Waals surface area contributed by atoms with Crippen LogP contribution < -0.4 is 15.8 Å². The van der Waals surface area contributed by atoms with Gasteiger partial charge in [-0.2, -0.15) is 0 Å². The van der Waals surface area contributed by atoms with Gasteiger partial charge in [-0.15, -0.1) is 0 Å². The third-order valence-electron chi connectivity index (χ3n) is 2.59. The molecule has 0 fully saturated rings. The van der Waals surface area contributed by atoms with Crippen molar-refractivity contribution in [1.29, 1.82) is 0 Å². The van der Waals surface area contributed by atoms with Crippen molar-refractivity contribution in [2.45, 2.75) is 0 Å². The molecular weight excluding hydrogens is 292 g/mol. The SMILES string of the molecule is NC(=O)COc1cccc(NC(=O)c2ccccc2Cl)c1. The van der Waals surface area contributed by atoms with Crippen LogP contribution in [-0.4, -0.2) is 18.4 Å². The Hall–Kier alpha value is -2.53. The molecule has 0 saturated carbocycles. The van der Waals surface area contributed by atoms with Gasteiger partial charge in [0.1, 0.15) is 5.75 Å². The van der Waals surface area contributed by atoms with Gasteiger partial charge >= 0.3 is 0 Å². The Labute approximate surface area is 126 Å². The summed E-state index contributed by atoms with van der Waals surface area (Å²) >= 11 is 5.96. The monoisotopic (exact) mass is 304 g/mol. The number of ether oxygens (including phenoxy) is 1. The van der Waals surface area contributed by atoms with E-state index in [4.69, 9.17) is 22.1 Å². The molecular formula is C15H13ClN2O3. The zero-order valence-electron chi connectivity index (χ0n) is 11.0. The van der Waals surface area contributed by atoms with Gasteiger partial charge in [-0.3, -0.25) is 9.59 Å². The van der Waals surface area contributed by atoms with Crippen LogP contribution in [0.25, 0.3) is 0 Å². The van der Waals surface area contributed by atoms with Gasteiger partial charge in [0.05, 0.1) is 10.6 Å². The molecule has 6 heteroatoms. The molecule has 2 aromatic rings. The minimum Gasteiger partial charge on any atom is -0.484 e. The molecule has 21 heavy (non-hydrogen) atoms. The fourth-order valence-electron chi connectivity index (χ4n) is 1.66. The first kappa shape index (κ1) is 14.9. The lowest BCUT2D eigenvalue weighted by Gasteiger charge is -2.09. The molecule has 2 aromatic carbocycles. The van der Waals surface area contributed by atoms with Crippen LogP contribution in [0.15, 0.2) is 48.5 Å². The molecule has 0 saturated heterocycles. The van der Waals surface area contributed by atoms with Crippen molar-refractivity contribution in [2.24, 2.45) is 5.73 Å². The zero-order chi connectivity index (χ0) is 15.2. The van der Waals surface area contributed by atoms with Crippen molar-refractivity contribution in [3.63, 3.8) is 0 Å². The molecule has 0 aliphatic heterocycles. The molecule has 2 amide bonds. The summed E-state index contributed by atoms with van der Waals surface area (Å²) in [6.45, 7) is -0.220. The van der Waals surface area contributed by atoms with E-state index in [0.29, 0.717) is 22.0 Å². The summed E-state index contributed by atoms with van der Waals surface area (Å²) in [5.74, 6) is -0.459. The Morgan fingerprint density at radius 1 is 1.14 bits per heavy atom. The second-order valence-electron chi connectivity index (χ2n) is 4.22. The Morgan fingerprint density at radius 2 is 1.90 bits per heavy atom. The lowest BCUT2D eigenvalue weighted by Crippen LogP contribution is -2.20. The number of primary amides is 1. The molecule has 0 spiro atoms. The number of carbonyl (C=O) groups excluding carboxylic acids is 2. The van der Waals surface area contributed by atoms with Crippen LogP contribution >= 0.6 is 11.6 Å². The predicted octanol–water partition coefficient (Wildman–Crippen LogP) is 2.46. The van der Waals surface area contributed by atoms with Gasteiger partial charge in [-0.1, -0.05) is 29.8 Å². The van der Waals surface area contributed by atoms with Gasteiger partial charge in [0, 0.05) is 11.8 Å². The van der Waals surface area contributed by atoms with E-state index in [-0.39, 0.29) is 12.5 Å². The van der Waals surface area contributed by atoms with E-state index >= 15 is 0 Å². The standard InChI is InChI=1S/C15H13ClN2O3/c16-13-7-2-1-6-12(13)15(20)18-10-4-3-5-11(8-10)21-9-14(17)19/h1-8H,9H2,(H2,17,19)(H,18,20). The molecule has 0 unspecified atom stereocenters. The number of carbonyl (C=O) groups is 2. The highest BCUT2D eigenvalue weighted by atomic mass is 35.5. The van der Waals surface area contributed by atoms with Gasteiger partial charge in [-0.25, -0.2) is 0 Å². The Morgan fingerprint density at radius 3 is 2.62 bits per heavy atom. The van der Waals surface area contributed by atoms with Crippen molar-refractivity contribution in [1.82, 2.24) is 0 Å². The van der Waals surface area contributed by atoms with E-state index in [1.54, 1.807) is 48.5 Å². The van der Waals surface area contributed by atoms with Gasteiger partial charge in [0.2, 0.25) is 0 Å². The summed E-state index contributed by atoms with van der Waals surface area (Å²) in [5.41, 5.74) is 5.91. The fourth-order valence-corrected chi connectivity index (χ4v) is 1.88. The van der Waals surface area contributed by atoms with E-state index < -0.39 is 5.91 Å². The highest BCUT2D eigenvalue weighted by Gasteiger charge is 2.10. The van der Waals surface area contributed by atoms with Gasteiger partial charge in [0.25, 0.3) is 11.8 Å². The number of nitrogens with two attached hydrogens (primary N) is 1.